The van der Waals surface area contributed by atoms with Gasteiger partial charge in [0, 0.05) is 24.8 Å². The Morgan fingerprint density at radius 2 is 2.42 bits per heavy atom. The van der Waals surface area contributed by atoms with Crippen molar-refractivity contribution in [1.29, 1.82) is 0 Å². The summed E-state index contributed by atoms with van der Waals surface area (Å²) in [7, 11) is 0. The van der Waals surface area contributed by atoms with Crippen molar-refractivity contribution in [2.24, 2.45) is 0 Å². The first-order valence-electron chi connectivity index (χ1n) is 7.22. The number of hydrogen-bond donors (Lipinski definition) is 2. The Morgan fingerprint density at radius 3 is 3.11 bits per heavy atom. The van der Waals surface area contributed by atoms with Crippen molar-refractivity contribution < 1.29 is 4.79 Å². The minimum atomic E-state index is 0.0936. The largest absolute Gasteiger partial charge is 0.338 e. The summed E-state index contributed by atoms with van der Waals surface area (Å²) in [5.74, 6) is 0. The highest BCUT2D eigenvalue weighted by Gasteiger charge is 2.22. The third-order valence-corrected chi connectivity index (χ3v) is 3.90. The highest BCUT2D eigenvalue weighted by atomic mass is 16.2. The molecule has 0 spiro atoms. The molecule has 2 rings (SSSR count). The summed E-state index contributed by atoms with van der Waals surface area (Å²) in [4.78, 5) is 14.0. The molecule has 2 heterocycles. The number of amides is 2. The van der Waals surface area contributed by atoms with Gasteiger partial charge in [-0.3, -0.25) is 5.10 Å². The van der Waals surface area contributed by atoms with Gasteiger partial charge in [0.2, 0.25) is 0 Å². The van der Waals surface area contributed by atoms with Crippen molar-refractivity contribution in [2.75, 3.05) is 13.1 Å². The second-order valence-electron chi connectivity index (χ2n) is 5.39. The van der Waals surface area contributed by atoms with E-state index in [0.29, 0.717) is 6.04 Å². The van der Waals surface area contributed by atoms with Gasteiger partial charge in [-0.2, -0.15) is 5.10 Å². The molecule has 1 fully saturated rings. The Labute approximate surface area is 114 Å². The number of hydrogen-bond acceptors (Lipinski definition) is 2. The van der Waals surface area contributed by atoms with Gasteiger partial charge in [-0.05, 0) is 51.5 Å². The average Bonchev–Trinajstić information content (AvgIpc) is 2.80. The van der Waals surface area contributed by atoms with Crippen LogP contribution in [0.15, 0.2) is 6.20 Å². The fourth-order valence-electron chi connectivity index (χ4n) is 2.60. The summed E-state index contributed by atoms with van der Waals surface area (Å²) in [6, 6.07) is 0.473. The molecule has 5 heteroatoms. The van der Waals surface area contributed by atoms with E-state index in [1.54, 1.807) is 0 Å². The molecule has 2 amide bonds. The minimum absolute atomic E-state index is 0.0936. The van der Waals surface area contributed by atoms with E-state index in [0.717, 1.165) is 44.5 Å². The van der Waals surface area contributed by atoms with E-state index in [4.69, 9.17) is 0 Å². The van der Waals surface area contributed by atoms with Gasteiger partial charge in [0.25, 0.3) is 0 Å². The van der Waals surface area contributed by atoms with Crippen molar-refractivity contribution >= 4 is 6.03 Å². The molecule has 1 aromatic heterocycles. The van der Waals surface area contributed by atoms with Crippen LogP contribution in [-0.2, 0) is 6.42 Å². The van der Waals surface area contributed by atoms with Gasteiger partial charge in [-0.25, -0.2) is 4.79 Å². The first kappa shape index (κ1) is 13.9. The molecule has 1 aromatic rings. The lowest BCUT2D eigenvalue weighted by Crippen LogP contribution is -2.47. The molecule has 106 valence electrons. The molecule has 0 aliphatic carbocycles. The number of likely N-dealkylation sites (tertiary alicyclic amines) is 1. The van der Waals surface area contributed by atoms with E-state index in [9.17, 15) is 4.79 Å². The molecule has 0 bridgehead atoms. The predicted octanol–water partition coefficient (Wildman–Crippen LogP) is 2.23. The van der Waals surface area contributed by atoms with Crippen LogP contribution in [0.2, 0.25) is 0 Å². The number of aromatic amines is 1. The van der Waals surface area contributed by atoms with E-state index in [1.807, 2.05) is 18.0 Å². The maximum Gasteiger partial charge on any atom is 0.317 e. The van der Waals surface area contributed by atoms with Crippen LogP contribution < -0.4 is 5.32 Å². The molecule has 5 nitrogen and oxygen atoms in total. The zero-order valence-electron chi connectivity index (χ0n) is 11.9. The summed E-state index contributed by atoms with van der Waals surface area (Å²) in [5, 5.41) is 9.95. The summed E-state index contributed by atoms with van der Waals surface area (Å²) in [6.45, 7) is 5.78. The second-order valence-corrected chi connectivity index (χ2v) is 5.39. The molecule has 0 saturated carbocycles. The fraction of sp³-hybridized carbons (Fsp3) is 0.714. The Kier molecular flexibility index (Phi) is 4.82. The zero-order valence-corrected chi connectivity index (χ0v) is 11.9. The third-order valence-electron chi connectivity index (χ3n) is 3.90. The van der Waals surface area contributed by atoms with Crippen LogP contribution in [0.5, 0.6) is 0 Å². The van der Waals surface area contributed by atoms with Gasteiger partial charge in [0.15, 0.2) is 0 Å². The molecule has 1 atom stereocenters. The molecule has 1 aliphatic heterocycles. The topological polar surface area (TPSA) is 61.0 Å². The number of carbonyl (C=O) groups is 1. The zero-order chi connectivity index (χ0) is 13.7. The maximum absolute atomic E-state index is 12.0. The standard InChI is InChI=1S/C14H24N4O/c1-11-6-3-4-9-18(11)14(19)15-8-5-7-13-10-16-17-12(13)2/h10-11H,3-9H2,1-2H3,(H,15,19)(H,16,17). The minimum Gasteiger partial charge on any atom is -0.338 e. The average molecular weight is 264 g/mol. The number of piperidine rings is 1. The van der Waals surface area contributed by atoms with E-state index in [2.05, 4.69) is 22.4 Å². The van der Waals surface area contributed by atoms with Gasteiger partial charge < -0.3 is 10.2 Å². The van der Waals surface area contributed by atoms with E-state index in [1.165, 1.54) is 12.0 Å². The smallest absolute Gasteiger partial charge is 0.317 e. The fourth-order valence-corrected chi connectivity index (χ4v) is 2.60. The van der Waals surface area contributed by atoms with Gasteiger partial charge >= 0.3 is 6.03 Å². The Balaban J connectivity index is 1.68. The molecule has 1 unspecified atom stereocenters. The number of carbonyl (C=O) groups excluding carboxylic acids is 1. The van der Waals surface area contributed by atoms with Crippen LogP contribution in [-0.4, -0.2) is 40.3 Å². The van der Waals surface area contributed by atoms with Crippen LogP contribution in [0.4, 0.5) is 4.79 Å². The number of aryl methyl sites for hydroxylation is 2. The Morgan fingerprint density at radius 1 is 1.58 bits per heavy atom. The number of urea groups is 1. The summed E-state index contributed by atoms with van der Waals surface area (Å²) in [6.07, 6.45) is 7.27. The lowest BCUT2D eigenvalue weighted by Gasteiger charge is -2.33. The second kappa shape index (κ2) is 6.59. The normalized spacial score (nSPS) is 19.5. The Bertz CT molecular complexity index is 415. The summed E-state index contributed by atoms with van der Waals surface area (Å²) >= 11 is 0. The number of nitrogens with one attached hydrogen (secondary N) is 2. The number of aromatic nitrogens is 2. The van der Waals surface area contributed by atoms with Gasteiger partial charge in [-0.1, -0.05) is 0 Å². The molecular weight excluding hydrogens is 240 g/mol. The van der Waals surface area contributed by atoms with E-state index >= 15 is 0 Å². The molecule has 0 radical (unpaired) electrons. The van der Waals surface area contributed by atoms with Crippen LogP contribution >= 0.6 is 0 Å². The lowest BCUT2D eigenvalue weighted by molar-refractivity contribution is 0.158. The van der Waals surface area contributed by atoms with Crippen molar-refractivity contribution in [3.05, 3.63) is 17.5 Å². The number of H-pyrrole nitrogens is 1. The van der Waals surface area contributed by atoms with Crippen molar-refractivity contribution in [3.8, 4) is 0 Å². The van der Waals surface area contributed by atoms with Crippen molar-refractivity contribution in [3.63, 3.8) is 0 Å². The van der Waals surface area contributed by atoms with Crippen LogP contribution in [0, 0.1) is 6.92 Å². The molecule has 2 N–H and O–H groups in total. The first-order valence-corrected chi connectivity index (χ1v) is 7.22. The lowest BCUT2D eigenvalue weighted by atomic mass is 10.0. The quantitative estimate of drug-likeness (QED) is 0.819. The molecule has 0 aromatic carbocycles. The van der Waals surface area contributed by atoms with E-state index < -0.39 is 0 Å². The maximum atomic E-state index is 12.0. The Hall–Kier alpha value is -1.52. The highest BCUT2D eigenvalue weighted by Crippen LogP contribution is 2.16. The van der Waals surface area contributed by atoms with Gasteiger partial charge in [-0.15, -0.1) is 0 Å². The van der Waals surface area contributed by atoms with Crippen LogP contribution in [0.1, 0.15) is 43.9 Å². The SMILES string of the molecule is Cc1[nH]ncc1CCCNC(=O)N1CCCCC1C. The third kappa shape index (κ3) is 3.72. The predicted molar refractivity (Wildman–Crippen MR) is 75.1 cm³/mol. The molecule has 1 aliphatic rings. The van der Waals surface area contributed by atoms with Gasteiger partial charge in [0.1, 0.15) is 0 Å². The van der Waals surface area contributed by atoms with Crippen molar-refractivity contribution in [2.45, 2.75) is 52.0 Å². The number of rotatable bonds is 4. The molecule has 1 saturated heterocycles. The first-order chi connectivity index (χ1) is 9.18. The molecular formula is C14H24N4O. The van der Waals surface area contributed by atoms with Crippen LogP contribution in [0.25, 0.3) is 0 Å². The monoisotopic (exact) mass is 264 g/mol. The van der Waals surface area contributed by atoms with Gasteiger partial charge in [0.05, 0.1) is 6.20 Å². The summed E-state index contributed by atoms with van der Waals surface area (Å²) in [5.41, 5.74) is 2.36. The van der Waals surface area contributed by atoms with Crippen molar-refractivity contribution in [1.82, 2.24) is 20.4 Å². The van der Waals surface area contributed by atoms with E-state index in [-0.39, 0.29) is 6.03 Å². The summed E-state index contributed by atoms with van der Waals surface area (Å²) < 4.78 is 0. The van der Waals surface area contributed by atoms with Crippen LogP contribution in [0.3, 0.4) is 0 Å². The molecule has 19 heavy (non-hydrogen) atoms. The number of nitrogens with zero attached hydrogens (tertiary/aromatic N) is 2. The highest BCUT2D eigenvalue weighted by molar-refractivity contribution is 5.74.